The molecule has 96 valence electrons. The molecule has 2 N–H and O–H groups in total. The highest BCUT2D eigenvalue weighted by atomic mass is 16.5. The Kier molecular flexibility index (Phi) is 4.54. The summed E-state index contributed by atoms with van der Waals surface area (Å²) in [5, 5.41) is 8.93. The second kappa shape index (κ2) is 6.58. The molecule has 3 nitrogen and oxygen atoms in total. The molecule has 19 heavy (non-hydrogen) atoms. The van der Waals surface area contributed by atoms with Crippen LogP contribution in [-0.4, -0.2) is 0 Å². The first-order chi connectivity index (χ1) is 9.33. The first-order valence-corrected chi connectivity index (χ1v) is 6.21. The van der Waals surface area contributed by atoms with E-state index < -0.39 is 0 Å². The SMILES string of the molecule is N#CCC(Oc1cccc(CN)c1)c1ccccc1. The molecule has 0 bridgehead atoms. The molecule has 2 aromatic carbocycles. The van der Waals surface area contributed by atoms with Gasteiger partial charge in [-0.2, -0.15) is 5.26 Å². The van der Waals surface area contributed by atoms with Gasteiger partial charge in [0.2, 0.25) is 0 Å². The van der Waals surface area contributed by atoms with Crippen LogP contribution in [0.3, 0.4) is 0 Å². The molecule has 0 aromatic heterocycles. The minimum absolute atomic E-state index is 0.251. The highest BCUT2D eigenvalue weighted by Crippen LogP contribution is 2.25. The first-order valence-electron chi connectivity index (χ1n) is 6.21. The third-order valence-corrected chi connectivity index (χ3v) is 2.86. The summed E-state index contributed by atoms with van der Waals surface area (Å²) in [5.74, 6) is 0.743. The van der Waals surface area contributed by atoms with Crippen molar-refractivity contribution in [3.63, 3.8) is 0 Å². The van der Waals surface area contributed by atoms with Gasteiger partial charge in [-0.25, -0.2) is 0 Å². The van der Waals surface area contributed by atoms with Crippen LogP contribution in [0, 0.1) is 11.3 Å². The highest BCUT2D eigenvalue weighted by Gasteiger charge is 2.12. The van der Waals surface area contributed by atoms with E-state index in [1.54, 1.807) is 0 Å². The second-order valence-corrected chi connectivity index (χ2v) is 4.23. The molecule has 0 saturated carbocycles. The molecular weight excluding hydrogens is 236 g/mol. The molecule has 0 radical (unpaired) electrons. The van der Waals surface area contributed by atoms with E-state index in [1.807, 2.05) is 54.6 Å². The molecule has 0 aliphatic carbocycles. The van der Waals surface area contributed by atoms with E-state index in [0.29, 0.717) is 13.0 Å². The Balaban J connectivity index is 2.19. The van der Waals surface area contributed by atoms with Crippen molar-refractivity contribution in [2.75, 3.05) is 0 Å². The summed E-state index contributed by atoms with van der Waals surface area (Å²) in [6, 6.07) is 19.6. The van der Waals surface area contributed by atoms with Crippen LogP contribution in [0.15, 0.2) is 54.6 Å². The molecule has 0 heterocycles. The van der Waals surface area contributed by atoms with Gasteiger partial charge in [0, 0.05) is 6.54 Å². The Labute approximate surface area is 113 Å². The van der Waals surface area contributed by atoms with Gasteiger partial charge in [-0.3, -0.25) is 0 Å². The van der Waals surface area contributed by atoms with E-state index >= 15 is 0 Å². The van der Waals surface area contributed by atoms with Crippen molar-refractivity contribution in [3.05, 3.63) is 65.7 Å². The molecule has 0 amide bonds. The molecule has 2 aromatic rings. The van der Waals surface area contributed by atoms with Gasteiger partial charge in [0.1, 0.15) is 11.9 Å². The van der Waals surface area contributed by atoms with Gasteiger partial charge < -0.3 is 10.5 Å². The van der Waals surface area contributed by atoms with Gasteiger partial charge in [-0.05, 0) is 23.3 Å². The number of hydrogen-bond donors (Lipinski definition) is 1. The average molecular weight is 252 g/mol. The van der Waals surface area contributed by atoms with Gasteiger partial charge >= 0.3 is 0 Å². The number of nitrogens with zero attached hydrogens (tertiary/aromatic N) is 1. The number of rotatable bonds is 5. The Morgan fingerprint density at radius 1 is 1.11 bits per heavy atom. The number of benzene rings is 2. The Bertz CT molecular complexity index is 560. The van der Waals surface area contributed by atoms with Crippen molar-refractivity contribution < 1.29 is 4.74 Å². The molecule has 1 unspecified atom stereocenters. The third-order valence-electron chi connectivity index (χ3n) is 2.86. The van der Waals surface area contributed by atoms with Gasteiger partial charge in [-0.1, -0.05) is 42.5 Å². The molecule has 2 rings (SSSR count). The lowest BCUT2D eigenvalue weighted by atomic mass is 10.1. The van der Waals surface area contributed by atoms with Gasteiger partial charge in [0.15, 0.2) is 0 Å². The molecule has 0 spiro atoms. The van der Waals surface area contributed by atoms with Crippen LogP contribution in [-0.2, 0) is 6.54 Å². The second-order valence-electron chi connectivity index (χ2n) is 4.23. The largest absolute Gasteiger partial charge is 0.485 e. The monoisotopic (exact) mass is 252 g/mol. The van der Waals surface area contributed by atoms with E-state index in [4.69, 9.17) is 15.7 Å². The zero-order valence-electron chi connectivity index (χ0n) is 10.6. The van der Waals surface area contributed by atoms with Crippen LogP contribution >= 0.6 is 0 Å². The predicted molar refractivity (Wildman–Crippen MR) is 74.4 cm³/mol. The molecule has 1 atom stereocenters. The molecule has 0 aliphatic rings. The van der Waals surface area contributed by atoms with Crippen molar-refractivity contribution in [2.24, 2.45) is 5.73 Å². The Hall–Kier alpha value is -2.31. The number of nitrogens with two attached hydrogens (primary N) is 1. The summed E-state index contributed by atoms with van der Waals surface area (Å²) in [7, 11) is 0. The summed E-state index contributed by atoms with van der Waals surface area (Å²) in [4.78, 5) is 0. The third kappa shape index (κ3) is 3.57. The summed E-state index contributed by atoms with van der Waals surface area (Å²) in [6.07, 6.45) is 0.0656. The minimum atomic E-state index is -0.251. The van der Waals surface area contributed by atoms with Crippen molar-refractivity contribution in [1.82, 2.24) is 0 Å². The van der Waals surface area contributed by atoms with Crippen molar-refractivity contribution in [1.29, 1.82) is 5.26 Å². The van der Waals surface area contributed by atoms with Crippen LogP contribution < -0.4 is 10.5 Å². The standard InChI is InChI=1S/C16H16N2O/c17-10-9-16(14-6-2-1-3-7-14)19-15-8-4-5-13(11-15)12-18/h1-8,11,16H,9,12,18H2. The fourth-order valence-electron chi connectivity index (χ4n) is 1.89. The molecule has 0 fully saturated rings. The Morgan fingerprint density at radius 2 is 1.89 bits per heavy atom. The summed E-state index contributed by atoms with van der Waals surface area (Å²) in [6.45, 7) is 0.478. The van der Waals surface area contributed by atoms with Gasteiger partial charge in [-0.15, -0.1) is 0 Å². The lowest BCUT2D eigenvalue weighted by molar-refractivity contribution is 0.211. The van der Waals surface area contributed by atoms with E-state index in [-0.39, 0.29) is 6.10 Å². The zero-order valence-corrected chi connectivity index (χ0v) is 10.6. The van der Waals surface area contributed by atoms with Gasteiger partial charge in [0.25, 0.3) is 0 Å². The maximum Gasteiger partial charge on any atom is 0.137 e. The maximum atomic E-state index is 8.93. The van der Waals surface area contributed by atoms with Crippen molar-refractivity contribution >= 4 is 0 Å². The van der Waals surface area contributed by atoms with Crippen LogP contribution in [0.4, 0.5) is 0 Å². The van der Waals surface area contributed by atoms with Gasteiger partial charge in [0.05, 0.1) is 12.5 Å². The van der Waals surface area contributed by atoms with Crippen LogP contribution in [0.25, 0.3) is 0 Å². The highest BCUT2D eigenvalue weighted by molar-refractivity contribution is 5.30. The lowest BCUT2D eigenvalue weighted by Crippen LogP contribution is -2.07. The van der Waals surface area contributed by atoms with Crippen LogP contribution in [0.2, 0.25) is 0 Å². The Morgan fingerprint density at radius 3 is 2.58 bits per heavy atom. The normalized spacial score (nSPS) is 11.6. The van der Waals surface area contributed by atoms with Crippen molar-refractivity contribution in [3.8, 4) is 11.8 Å². The fraction of sp³-hybridized carbons (Fsp3) is 0.188. The summed E-state index contributed by atoms with van der Waals surface area (Å²) >= 11 is 0. The molecule has 0 aliphatic heterocycles. The summed E-state index contributed by atoms with van der Waals surface area (Å²) in [5.41, 5.74) is 7.63. The molecule has 3 heteroatoms. The van der Waals surface area contributed by atoms with E-state index in [2.05, 4.69) is 6.07 Å². The topological polar surface area (TPSA) is 59.0 Å². The van der Waals surface area contributed by atoms with Crippen LogP contribution in [0.1, 0.15) is 23.7 Å². The number of nitriles is 1. The minimum Gasteiger partial charge on any atom is -0.485 e. The van der Waals surface area contributed by atoms with E-state index in [0.717, 1.165) is 16.9 Å². The molecular formula is C16H16N2O. The maximum absolute atomic E-state index is 8.93. The number of ether oxygens (including phenoxy) is 1. The predicted octanol–water partition coefficient (Wildman–Crippen LogP) is 3.18. The summed E-state index contributed by atoms with van der Waals surface area (Å²) < 4.78 is 5.91. The smallest absolute Gasteiger partial charge is 0.137 e. The quantitative estimate of drug-likeness (QED) is 0.889. The average Bonchev–Trinajstić information content (AvgIpc) is 2.48. The number of hydrogen-bond acceptors (Lipinski definition) is 3. The first kappa shape index (κ1) is 13.1. The zero-order chi connectivity index (χ0) is 13.5. The van der Waals surface area contributed by atoms with Crippen LogP contribution in [0.5, 0.6) is 5.75 Å². The lowest BCUT2D eigenvalue weighted by Gasteiger charge is -2.17. The van der Waals surface area contributed by atoms with E-state index in [1.165, 1.54) is 0 Å². The fourth-order valence-corrected chi connectivity index (χ4v) is 1.89. The molecule has 0 saturated heterocycles. The van der Waals surface area contributed by atoms with E-state index in [9.17, 15) is 0 Å². The van der Waals surface area contributed by atoms with Crippen molar-refractivity contribution in [2.45, 2.75) is 19.1 Å².